The topological polar surface area (TPSA) is 83.5 Å². The molecule has 4 nitrogen and oxygen atoms in total. The van der Waals surface area contributed by atoms with Gasteiger partial charge in [0, 0.05) is 7.14 Å². The zero-order valence-electron chi connectivity index (χ0n) is 11.9. The summed E-state index contributed by atoms with van der Waals surface area (Å²) in [6, 6.07) is 8.69. The van der Waals surface area contributed by atoms with Crippen molar-refractivity contribution in [3.63, 3.8) is 0 Å². The Hall–Kier alpha value is -0.140. The number of carbonyl (C=O) groups is 1. The van der Waals surface area contributed by atoms with Crippen LogP contribution in [0.3, 0.4) is 0 Å². The highest BCUT2D eigenvalue weighted by molar-refractivity contribution is 14.1. The summed E-state index contributed by atoms with van der Waals surface area (Å²) in [6.07, 6.45) is 1.08. The summed E-state index contributed by atoms with van der Waals surface area (Å²) in [5.41, 5.74) is 8.86. The summed E-state index contributed by atoms with van der Waals surface area (Å²) in [4.78, 5) is 10.9. The minimum absolute atomic E-state index is 0.289. The number of carboxylic acids is 1. The fraction of sp³-hybridized carbons (Fsp3) is 0.188. The number of hydrogen-bond acceptors (Lipinski definition) is 3. The molecular weight excluding hydrogens is 635 g/mol. The van der Waals surface area contributed by atoms with Crippen molar-refractivity contribution in [2.24, 2.45) is 5.73 Å². The van der Waals surface area contributed by atoms with Crippen molar-refractivity contribution < 1.29 is 15.0 Å². The molecule has 1 unspecified atom stereocenters. The highest BCUT2D eigenvalue weighted by Crippen LogP contribution is 2.27. The molecule has 122 valence electrons. The van der Waals surface area contributed by atoms with E-state index in [1.807, 2.05) is 24.3 Å². The fourth-order valence-electron chi connectivity index (χ4n) is 2.15. The second kappa shape index (κ2) is 8.30. The number of aromatic hydroxyl groups is 1. The van der Waals surface area contributed by atoms with E-state index in [2.05, 4.69) is 67.8 Å². The van der Waals surface area contributed by atoms with Crippen LogP contribution < -0.4 is 5.73 Å². The van der Waals surface area contributed by atoms with Gasteiger partial charge >= 0.3 is 5.97 Å². The number of phenols is 1. The van der Waals surface area contributed by atoms with E-state index in [4.69, 9.17) is 10.8 Å². The zero-order valence-corrected chi connectivity index (χ0v) is 18.4. The molecule has 0 saturated carbocycles. The van der Waals surface area contributed by atoms with Gasteiger partial charge in [0.25, 0.3) is 0 Å². The van der Waals surface area contributed by atoms with Crippen LogP contribution >= 0.6 is 67.8 Å². The lowest BCUT2D eigenvalue weighted by atomic mass is 10.0. The molecule has 4 N–H and O–H groups in total. The fourth-order valence-corrected chi connectivity index (χ4v) is 5.01. The number of benzene rings is 2. The predicted molar refractivity (Wildman–Crippen MR) is 115 cm³/mol. The molecule has 7 heteroatoms. The van der Waals surface area contributed by atoms with Gasteiger partial charge in [0.05, 0.1) is 3.57 Å². The van der Waals surface area contributed by atoms with Crippen molar-refractivity contribution >= 4 is 73.7 Å². The van der Waals surface area contributed by atoms with E-state index in [0.29, 0.717) is 6.42 Å². The maximum absolute atomic E-state index is 10.9. The summed E-state index contributed by atoms with van der Waals surface area (Å²) in [5.74, 6) is -0.700. The van der Waals surface area contributed by atoms with Crippen LogP contribution in [0.5, 0.6) is 5.75 Å². The first-order chi connectivity index (χ1) is 10.8. The Kier molecular flexibility index (Phi) is 6.92. The predicted octanol–water partition coefficient (Wildman–Crippen LogP) is 3.75. The lowest BCUT2D eigenvalue weighted by molar-refractivity contribution is -0.138. The molecule has 0 amide bonds. The third-order valence-corrected chi connectivity index (χ3v) is 6.16. The highest BCUT2D eigenvalue weighted by Gasteiger charge is 2.15. The van der Waals surface area contributed by atoms with Crippen LogP contribution in [0.4, 0.5) is 0 Å². The number of aliphatic carboxylic acids is 1. The summed E-state index contributed by atoms with van der Waals surface area (Å²) >= 11 is 6.66. The molecule has 2 aromatic rings. The van der Waals surface area contributed by atoms with Crippen LogP contribution in [0.1, 0.15) is 16.7 Å². The SMILES string of the molecule is NC(Cc1cc(I)c(Cc2ccc(O)c(I)c2)c(I)c1)C(=O)O. The summed E-state index contributed by atoms with van der Waals surface area (Å²) in [5, 5.41) is 18.5. The van der Waals surface area contributed by atoms with Crippen LogP contribution in [0.15, 0.2) is 30.3 Å². The van der Waals surface area contributed by atoms with E-state index >= 15 is 0 Å². The second-order valence-electron chi connectivity index (χ2n) is 5.15. The van der Waals surface area contributed by atoms with E-state index in [-0.39, 0.29) is 5.75 Å². The molecule has 0 aliphatic rings. The minimum Gasteiger partial charge on any atom is -0.507 e. The summed E-state index contributed by atoms with van der Waals surface area (Å²) < 4.78 is 3.00. The van der Waals surface area contributed by atoms with Gasteiger partial charge in [0.1, 0.15) is 11.8 Å². The standard InChI is InChI=1S/C16H14I3NO3/c17-11-5-9(7-14(20)16(22)23)6-12(18)10(11)3-8-1-2-15(21)13(19)4-8/h1-2,4-6,14,21H,3,7,20H2,(H,22,23). The van der Waals surface area contributed by atoms with Crippen molar-refractivity contribution in [1.82, 2.24) is 0 Å². The van der Waals surface area contributed by atoms with Crippen molar-refractivity contribution in [3.8, 4) is 5.75 Å². The van der Waals surface area contributed by atoms with Crippen LogP contribution in [0.25, 0.3) is 0 Å². The minimum atomic E-state index is -0.988. The Morgan fingerprint density at radius 1 is 1.04 bits per heavy atom. The van der Waals surface area contributed by atoms with Gasteiger partial charge in [-0.1, -0.05) is 6.07 Å². The molecule has 23 heavy (non-hydrogen) atoms. The third-order valence-electron chi connectivity index (χ3n) is 3.37. The number of halogens is 3. The molecule has 0 aromatic heterocycles. The van der Waals surface area contributed by atoms with Crippen molar-refractivity contribution in [3.05, 3.63) is 57.7 Å². The lowest BCUT2D eigenvalue weighted by Crippen LogP contribution is -2.32. The molecular formula is C16H14I3NO3. The molecule has 0 radical (unpaired) electrons. The van der Waals surface area contributed by atoms with E-state index in [1.54, 1.807) is 6.07 Å². The first-order valence-corrected chi connectivity index (χ1v) is 9.94. The van der Waals surface area contributed by atoms with Crippen molar-refractivity contribution in [2.45, 2.75) is 18.9 Å². The Morgan fingerprint density at radius 3 is 2.13 bits per heavy atom. The number of carboxylic acid groups (broad SMARTS) is 1. The van der Waals surface area contributed by atoms with Gasteiger partial charge in [-0.05, 0) is 122 Å². The highest BCUT2D eigenvalue weighted by atomic mass is 127. The largest absolute Gasteiger partial charge is 0.507 e. The number of nitrogens with two attached hydrogens (primary N) is 1. The molecule has 0 saturated heterocycles. The zero-order chi connectivity index (χ0) is 17.1. The molecule has 2 aromatic carbocycles. The Labute approximate surface area is 175 Å². The summed E-state index contributed by atoms with van der Waals surface area (Å²) in [7, 11) is 0. The Bertz CT molecular complexity index is 726. The number of rotatable bonds is 5. The first-order valence-electron chi connectivity index (χ1n) is 6.70. The maximum Gasteiger partial charge on any atom is 0.320 e. The number of hydrogen-bond donors (Lipinski definition) is 3. The van der Waals surface area contributed by atoms with Gasteiger partial charge in [0.2, 0.25) is 0 Å². The van der Waals surface area contributed by atoms with Crippen LogP contribution in [0.2, 0.25) is 0 Å². The van der Waals surface area contributed by atoms with Crippen LogP contribution in [0, 0.1) is 10.7 Å². The van der Waals surface area contributed by atoms with Gasteiger partial charge in [0.15, 0.2) is 0 Å². The normalized spacial score (nSPS) is 12.2. The smallest absolute Gasteiger partial charge is 0.320 e. The van der Waals surface area contributed by atoms with E-state index in [1.165, 1.54) is 5.56 Å². The average Bonchev–Trinajstić information content (AvgIpc) is 2.46. The average molecular weight is 649 g/mol. The first kappa shape index (κ1) is 19.2. The van der Waals surface area contributed by atoms with Crippen LogP contribution in [-0.4, -0.2) is 22.2 Å². The van der Waals surface area contributed by atoms with Gasteiger partial charge in [-0.3, -0.25) is 4.79 Å². The summed E-state index contributed by atoms with van der Waals surface area (Å²) in [6.45, 7) is 0. The van der Waals surface area contributed by atoms with Crippen molar-refractivity contribution in [2.75, 3.05) is 0 Å². The molecule has 0 bridgehead atoms. The Morgan fingerprint density at radius 2 is 1.61 bits per heavy atom. The van der Waals surface area contributed by atoms with Crippen molar-refractivity contribution in [1.29, 1.82) is 0 Å². The molecule has 0 spiro atoms. The second-order valence-corrected chi connectivity index (χ2v) is 8.64. The van der Waals surface area contributed by atoms with Gasteiger partial charge in [-0.25, -0.2) is 0 Å². The molecule has 0 aliphatic heterocycles. The molecule has 0 fully saturated rings. The lowest BCUT2D eigenvalue weighted by Gasteiger charge is -2.13. The number of phenolic OH excluding ortho intramolecular Hbond substituents is 1. The quantitative estimate of drug-likeness (QED) is 0.432. The van der Waals surface area contributed by atoms with E-state index in [0.717, 1.165) is 28.3 Å². The molecule has 2 rings (SSSR count). The molecule has 0 aliphatic carbocycles. The van der Waals surface area contributed by atoms with E-state index < -0.39 is 12.0 Å². The van der Waals surface area contributed by atoms with Crippen LogP contribution in [-0.2, 0) is 17.6 Å². The van der Waals surface area contributed by atoms with Gasteiger partial charge < -0.3 is 15.9 Å². The Balaban J connectivity index is 2.26. The molecule has 0 heterocycles. The van der Waals surface area contributed by atoms with E-state index in [9.17, 15) is 9.90 Å². The van der Waals surface area contributed by atoms with Gasteiger partial charge in [-0.15, -0.1) is 0 Å². The maximum atomic E-state index is 10.9. The van der Waals surface area contributed by atoms with Gasteiger partial charge in [-0.2, -0.15) is 0 Å². The third kappa shape index (κ3) is 5.16. The molecule has 1 atom stereocenters. The monoisotopic (exact) mass is 649 g/mol.